The second kappa shape index (κ2) is 12.9. The van der Waals surface area contributed by atoms with E-state index in [1.807, 2.05) is 5.32 Å². The third-order valence-electron chi connectivity index (χ3n) is 3.43. The standard InChI is InChI=1S/C15H24N4O9/c1-2-10(20)16-6-4-3-5-8(12(22)23)18-15(28)19-9(13(24)25)7-17-11(21)14(26)27/h8-9H,2-7H2,1H3,(H,16,20)(H,17,21)(H,22,23)(H,24,25)(H,26,27)(H2,18,19,28). The summed E-state index contributed by atoms with van der Waals surface area (Å²) < 4.78 is 0. The quantitative estimate of drug-likeness (QED) is 0.143. The van der Waals surface area contributed by atoms with Crippen LogP contribution in [0.4, 0.5) is 4.79 Å². The number of carboxylic acid groups (broad SMARTS) is 3. The van der Waals surface area contributed by atoms with Crippen LogP contribution in [0.15, 0.2) is 0 Å². The van der Waals surface area contributed by atoms with Crippen LogP contribution >= 0.6 is 0 Å². The van der Waals surface area contributed by atoms with Crippen LogP contribution in [-0.4, -0.2) is 76.2 Å². The molecule has 0 radical (unpaired) electrons. The van der Waals surface area contributed by atoms with Crippen molar-refractivity contribution < 1.29 is 44.1 Å². The Morgan fingerprint density at radius 3 is 1.89 bits per heavy atom. The van der Waals surface area contributed by atoms with E-state index in [2.05, 4.69) is 10.6 Å². The number of carbonyl (C=O) groups is 6. The van der Waals surface area contributed by atoms with Gasteiger partial charge in [0.25, 0.3) is 0 Å². The Kier molecular flexibility index (Phi) is 11.3. The van der Waals surface area contributed by atoms with Gasteiger partial charge in [-0.25, -0.2) is 19.2 Å². The Morgan fingerprint density at radius 2 is 1.39 bits per heavy atom. The molecule has 0 aromatic rings. The Hall–Kier alpha value is -3.38. The van der Waals surface area contributed by atoms with E-state index in [9.17, 15) is 28.8 Å². The molecule has 0 rings (SSSR count). The fraction of sp³-hybridized carbons (Fsp3) is 0.600. The van der Waals surface area contributed by atoms with Crippen LogP contribution < -0.4 is 21.3 Å². The van der Waals surface area contributed by atoms with E-state index < -0.39 is 48.5 Å². The van der Waals surface area contributed by atoms with Crippen LogP contribution in [-0.2, 0) is 24.0 Å². The van der Waals surface area contributed by atoms with Crippen LogP contribution in [0.3, 0.4) is 0 Å². The lowest BCUT2D eigenvalue weighted by Gasteiger charge is -2.18. The second-order valence-corrected chi connectivity index (χ2v) is 5.61. The summed E-state index contributed by atoms with van der Waals surface area (Å²) in [6.45, 7) is 1.34. The zero-order valence-electron chi connectivity index (χ0n) is 15.2. The molecule has 0 aromatic carbocycles. The van der Waals surface area contributed by atoms with E-state index in [0.717, 1.165) is 0 Å². The molecule has 0 heterocycles. The Balaban J connectivity index is 4.50. The minimum atomic E-state index is -1.82. The molecule has 0 spiro atoms. The number of carboxylic acids is 3. The molecule has 0 aliphatic rings. The first-order valence-corrected chi connectivity index (χ1v) is 8.38. The van der Waals surface area contributed by atoms with Gasteiger partial charge in [-0.2, -0.15) is 0 Å². The summed E-state index contributed by atoms with van der Waals surface area (Å²) >= 11 is 0. The monoisotopic (exact) mass is 404 g/mol. The molecule has 2 atom stereocenters. The van der Waals surface area contributed by atoms with Gasteiger partial charge in [0.1, 0.15) is 12.1 Å². The summed E-state index contributed by atoms with van der Waals surface area (Å²) in [5.74, 6) is -6.30. The maximum Gasteiger partial charge on any atom is 0.394 e. The lowest BCUT2D eigenvalue weighted by molar-refractivity contribution is -0.150. The van der Waals surface area contributed by atoms with Gasteiger partial charge >= 0.3 is 29.8 Å². The fourth-order valence-electron chi connectivity index (χ4n) is 1.91. The van der Waals surface area contributed by atoms with Crippen molar-refractivity contribution in [1.82, 2.24) is 21.3 Å². The molecule has 13 nitrogen and oxygen atoms in total. The summed E-state index contributed by atoms with van der Waals surface area (Å²) in [6.07, 6.45) is 1.23. The molecule has 0 bridgehead atoms. The van der Waals surface area contributed by atoms with Gasteiger partial charge in [0, 0.05) is 19.5 Å². The zero-order chi connectivity index (χ0) is 21.7. The lowest BCUT2D eigenvalue weighted by atomic mass is 10.1. The molecular weight excluding hydrogens is 380 g/mol. The van der Waals surface area contributed by atoms with Crippen LogP contribution in [0.25, 0.3) is 0 Å². The third kappa shape index (κ3) is 10.6. The lowest BCUT2D eigenvalue weighted by Crippen LogP contribution is -2.54. The molecule has 0 saturated heterocycles. The van der Waals surface area contributed by atoms with Crippen molar-refractivity contribution in [3.05, 3.63) is 0 Å². The molecular formula is C15H24N4O9. The number of unbranched alkanes of at least 4 members (excludes halogenated alkanes) is 1. The van der Waals surface area contributed by atoms with Gasteiger partial charge in [0.15, 0.2) is 0 Å². The highest BCUT2D eigenvalue weighted by Gasteiger charge is 2.25. The van der Waals surface area contributed by atoms with Crippen LogP contribution in [0.5, 0.6) is 0 Å². The molecule has 158 valence electrons. The highest BCUT2D eigenvalue weighted by Crippen LogP contribution is 2.01. The molecule has 7 N–H and O–H groups in total. The molecule has 0 aliphatic carbocycles. The highest BCUT2D eigenvalue weighted by atomic mass is 16.4. The number of hydrogen-bond donors (Lipinski definition) is 7. The van der Waals surface area contributed by atoms with Gasteiger partial charge < -0.3 is 36.6 Å². The zero-order valence-corrected chi connectivity index (χ0v) is 15.2. The van der Waals surface area contributed by atoms with Crippen LogP contribution in [0.1, 0.15) is 32.6 Å². The maximum atomic E-state index is 11.8. The molecule has 13 heteroatoms. The van der Waals surface area contributed by atoms with Crippen LogP contribution in [0, 0.1) is 0 Å². The molecule has 0 saturated carbocycles. The largest absolute Gasteiger partial charge is 0.480 e. The van der Waals surface area contributed by atoms with Gasteiger partial charge in [0.2, 0.25) is 5.91 Å². The SMILES string of the molecule is CCC(=O)NCCCCC(NC(=O)NC(CNC(=O)C(=O)O)C(=O)O)C(=O)O. The topological polar surface area (TPSA) is 211 Å². The smallest absolute Gasteiger partial charge is 0.394 e. The van der Waals surface area contributed by atoms with Crippen LogP contribution in [0.2, 0.25) is 0 Å². The predicted octanol–water partition coefficient (Wildman–Crippen LogP) is -1.91. The molecule has 4 amide bonds. The number of carbonyl (C=O) groups excluding carboxylic acids is 3. The van der Waals surface area contributed by atoms with E-state index in [-0.39, 0.29) is 12.3 Å². The Labute approximate surface area is 159 Å². The highest BCUT2D eigenvalue weighted by molar-refractivity contribution is 6.31. The minimum absolute atomic E-state index is 0.0399. The summed E-state index contributed by atoms with van der Waals surface area (Å²) in [7, 11) is 0. The van der Waals surface area contributed by atoms with Crippen molar-refractivity contribution >= 4 is 35.8 Å². The number of amides is 4. The number of aliphatic carboxylic acids is 3. The van der Waals surface area contributed by atoms with Crippen molar-refractivity contribution in [2.45, 2.75) is 44.7 Å². The maximum absolute atomic E-state index is 11.8. The summed E-state index contributed by atoms with van der Waals surface area (Å²) in [6, 6.07) is -4.07. The first-order valence-electron chi connectivity index (χ1n) is 8.38. The summed E-state index contributed by atoms with van der Waals surface area (Å²) in [5, 5.41) is 35.0. The van der Waals surface area contributed by atoms with Crippen molar-refractivity contribution in [3.8, 4) is 0 Å². The first-order chi connectivity index (χ1) is 13.1. The van der Waals surface area contributed by atoms with Gasteiger partial charge in [0.05, 0.1) is 0 Å². The molecule has 0 aliphatic heterocycles. The summed E-state index contributed by atoms with van der Waals surface area (Å²) in [5.41, 5.74) is 0. The molecule has 0 aromatic heterocycles. The Morgan fingerprint density at radius 1 is 0.821 bits per heavy atom. The van der Waals surface area contributed by atoms with Gasteiger partial charge in [-0.05, 0) is 19.3 Å². The molecule has 2 unspecified atom stereocenters. The second-order valence-electron chi connectivity index (χ2n) is 5.61. The predicted molar refractivity (Wildman–Crippen MR) is 92.3 cm³/mol. The van der Waals surface area contributed by atoms with E-state index in [1.165, 1.54) is 0 Å². The van der Waals surface area contributed by atoms with Gasteiger partial charge in [-0.15, -0.1) is 0 Å². The Bertz CT molecular complexity index is 608. The summed E-state index contributed by atoms with van der Waals surface area (Å²) in [4.78, 5) is 66.5. The van der Waals surface area contributed by atoms with Crippen molar-refractivity contribution in [1.29, 1.82) is 0 Å². The van der Waals surface area contributed by atoms with Gasteiger partial charge in [-0.1, -0.05) is 6.92 Å². The average Bonchev–Trinajstić information content (AvgIpc) is 2.62. The van der Waals surface area contributed by atoms with Gasteiger partial charge in [-0.3, -0.25) is 9.59 Å². The number of urea groups is 1. The van der Waals surface area contributed by atoms with Crippen molar-refractivity contribution in [2.24, 2.45) is 0 Å². The number of rotatable bonds is 12. The first kappa shape index (κ1) is 24.6. The third-order valence-corrected chi connectivity index (χ3v) is 3.43. The number of nitrogens with one attached hydrogen (secondary N) is 4. The van der Waals surface area contributed by atoms with E-state index in [0.29, 0.717) is 25.8 Å². The van der Waals surface area contributed by atoms with Crippen molar-refractivity contribution in [3.63, 3.8) is 0 Å². The van der Waals surface area contributed by atoms with E-state index in [4.69, 9.17) is 15.3 Å². The molecule has 28 heavy (non-hydrogen) atoms. The fourth-order valence-corrected chi connectivity index (χ4v) is 1.91. The van der Waals surface area contributed by atoms with Crippen molar-refractivity contribution in [2.75, 3.05) is 13.1 Å². The minimum Gasteiger partial charge on any atom is -0.480 e. The van der Waals surface area contributed by atoms with E-state index in [1.54, 1.807) is 12.2 Å². The number of hydrogen-bond acceptors (Lipinski definition) is 6. The van der Waals surface area contributed by atoms with E-state index >= 15 is 0 Å². The normalized spacial score (nSPS) is 12.2. The average molecular weight is 404 g/mol. The molecule has 0 fully saturated rings.